The van der Waals surface area contributed by atoms with Crippen molar-refractivity contribution in [2.45, 2.75) is 50.3 Å². The number of ether oxygens (including phenoxy) is 1. The molecule has 3 rings (SSSR count). The highest BCUT2D eigenvalue weighted by molar-refractivity contribution is 8.01. The maximum absolute atomic E-state index is 12.9. The van der Waals surface area contributed by atoms with Crippen LogP contribution in [0, 0.1) is 5.82 Å². The van der Waals surface area contributed by atoms with Crippen LogP contribution in [0.5, 0.6) is 0 Å². The number of amides is 2. The van der Waals surface area contributed by atoms with Crippen molar-refractivity contribution >= 4 is 29.5 Å². The summed E-state index contributed by atoms with van der Waals surface area (Å²) in [6.45, 7) is 3.66. The number of hydrogen-bond acceptors (Lipinski definition) is 5. The molecular weight excluding hydrogens is 359 g/mol. The monoisotopic (exact) mass is 380 g/mol. The van der Waals surface area contributed by atoms with E-state index in [0.29, 0.717) is 18.6 Å². The van der Waals surface area contributed by atoms with E-state index in [9.17, 15) is 18.8 Å². The summed E-state index contributed by atoms with van der Waals surface area (Å²) in [5.74, 6) is -0.914. The van der Waals surface area contributed by atoms with Gasteiger partial charge >= 0.3 is 5.97 Å². The van der Waals surface area contributed by atoms with Crippen LogP contribution >= 0.6 is 11.8 Å². The third-order valence-corrected chi connectivity index (χ3v) is 6.26. The van der Waals surface area contributed by atoms with Crippen LogP contribution in [0.15, 0.2) is 24.3 Å². The quantitative estimate of drug-likeness (QED) is 0.789. The molecule has 1 aromatic carbocycles. The molecule has 2 amide bonds. The Balaban J connectivity index is 1.53. The Bertz CT molecular complexity index is 726. The van der Waals surface area contributed by atoms with Crippen molar-refractivity contribution in [1.29, 1.82) is 0 Å². The third-order valence-electron chi connectivity index (χ3n) is 4.76. The van der Waals surface area contributed by atoms with Gasteiger partial charge in [0.05, 0.1) is 4.87 Å². The molecule has 2 saturated heterocycles. The van der Waals surface area contributed by atoms with Crippen molar-refractivity contribution < 1.29 is 23.5 Å². The largest absolute Gasteiger partial charge is 0.451 e. The predicted molar refractivity (Wildman–Crippen MR) is 94.5 cm³/mol. The summed E-state index contributed by atoms with van der Waals surface area (Å²) in [5.41, 5.74) is 0.740. The number of esters is 1. The van der Waals surface area contributed by atoms with E-state index < -0.39 is 24.0 Å². The van der Waals surface area contributed by atoms with Gasteiger partial charge in [-0.1, -0.05) is 12.1 Å². The van der Waals surface area contributed by atoms with Gasteiger partial charge in [0.25, 0.3) is 5.91 Å². The Morgan fingerprint density at radius 2 is 2.12 bits per heavy atom. The Morgan fingerprint density at radius 3 is 2.81 bits per heavy atom. The van der Waals surface area contributed by atoms with E-state index in [4.69, 9.17) is 4.74 Å². The van der Waals surface area contributed by atoms with Crippen molar-refractivity contribution in [1.82, 2.24) is 10.2 Å². The van der Waals surface area contributed by atoms with Gasteiger partial charge in [0.2, 0.25) is 5.91 Å². The average Bonchev–Trinajstić information content (AvgIpc) is 3.10. The molecule has 2 aliphatic rings. The number of rotatable bonds is 5. The summed E-state index contributed by atoms with van der Waals surface area (Å²) in [7, 11) is 0. The van der Waals surface area contributed by atoms with Gasteiger partial charge in [-0.25, -0.2) is 9.18 Å². The van der Waals surface area contributed by atoms with Gasteiger partial charge in [0.1, 0.15) is 11.9 Å². The molecule has 0 unspecified atom stereocenters. The average molecular weight is 380 g/mol. The molecule has 0 radical (unpaired) electrons. The lowest BCUT2D eigenvalue weighted by atomic mass is 10.2. The number of thioether (sulfide) groups is 1. The highest BCUT2D eigenvalue weighted by atomic mass is 32.2. The summed E-state index contributed by atoms with van der Waals surface area (Å²) in [4.78, 5) is 37.9. The maximum atomic E-state index is 12.9. The van der Waals surface area contributed by atoms with Crippen molar-refractivity contribution in [3.8, 4) is 0 Å². The van der Waals surface area contributed by atoms with E-state index in [-0.39, 0.29) is 23.1 Å². The van der Waals surface area contributed by atoms with E-state index in [1.165, 1.54) is 19.1 Å². The number of fused-ring (bicyclic) bond motifs is 1. The first-order valence-corrected chi connectivity index (χ1v) is 9.47. The second-order valence-corrected chi connectivity index (χ2v) is 8.19. The zero-order chi connectivity index (χ0) is 18.9. The van der Waals surface area contributed by atoms with Gasteiger partial charge in [0, 0.05) is 18.7 Å². The zero-order valence-corrected chi connectivity index (χ0v) is 15.5. The normalized spacial score (nSPS) is 25.7. The smallest absolute Gasteiger partial charge is 0.330 e. The second kappa shape index (κ2) is 7.26. The van der Waals surface area contributed by atoms with Gasteiger partial charge in [-0.2, -0.15) is 0 Å². The zero-order valence-electron chi connectivity index (χ0n) is 14.7. The van der Waals surface area contributed by atoms with Gasteiger partial charge in [-0.3, -0.25) is 9.59 Å². The van der Waals surface area contributed by atoms with Crippen LogP contribution in [-0.4, -0.2) is 45.5 Å². The second-order valence-electron chi connectivity index (χ2n) is 6.69. The van der Waals surface area contributed by atoms with Crippen LogP contribution in [0.3, 0.4) is 0 Å². The molecule has 0 bridgehead atoms. The first-order chi connectivity index (χ1) is 12.3. The maximum Gasteiger partial charge on any atom is 0.330 e. The van der Waals surface area contributed by atoms with E-state index in [0.717, 1.165) is 5.56 Å². The predicted octanol–water partition coefficient (Wildman–Crippen LogP) is 1.83. The molecule has 8 heteroatoms. The van der Waals surface area contributed by atoms with Gasteiger partial charge in [-0.05, 0) is 38.0 Å². The summed E-state index contributed by atoms with van der Waals surface area (Å²) in [6.07, 6.45) is 0.173. The SMILES string of the molecule is C[C@H](OC(=O)[C@@H]1CS[C@@]2(C)CCC(=O)N12)C(=O)NCc1ccc(F)cc1. The van der Waals surface area contributed by atoms with Gasteiger partial charge in [0.15, 0.2) is 6.10 Å². The highest BCUT2D eigenvalue weighted by Gasteiger charge is 2.53. The fourth-order valence-corrected chi connectivity index (χ4v) is 4.65. The first-order valence-electron chi connectivity index (χ1n) is 8.49. The number of carbonyl (C=O) groups is 3. The fraction of sp³-hybridized carbons (Fsp3) is 0.500. The van der Waals surface area contributed by atoms with E-state index >= 15 is 0 Å². The molecule has 0 aliphatic carbocycles. The van der Waals surface area contributed by atoms with Crippen LogP contribution in [0.1, 0.15) is 32.3 Å². The molecule has 2 fully saturated rings. The molecular formula is C18H21FN2O4S. The fourth-order valence-electron chi connectivity index (χ4n) is 3.24. The number of carbonyl (C=O) groups excluding carboxylic acids is 3. The Labute approximate surface area is 155 Å². The number of nitrogens with zero attached hydrogens (tertiary/aromatic N) is 1. The Kier molecular flexibility index (Phi) is 5.22. The van der Waals surface area contributed by atoms with Crippen LogP contribution in [0.4, 0.5) is 4.39 Å². The molecule has 0 aromatic heterocycles. The lowest BCUT2D eigenvalue weighted by molar-refractivity contribution is -0.161. The number of halogens is 1. The van der Waals surface area contributed by atoms with Gasteiger partial charge < -0.3 is 15.0 Å². The third kappa shape index (κ3) is 3.70. The molecule has 0 saturated carbocycles. The van der Waals surface area contributed by atoms with E-state index in [1.54, 1.807) is 28.8 Å². The minimum Gasteiger partial charge on any atom is -0.451 e. The summed E-state index contributed by atoms with van der Waals surface area (Å²) in [6, 6.07) is 5.12. The van der Waals surface area contributed by atoms with Crippen molar-refractivity contribution in [3.05, 3.63) is 35.6 Å². The minimum absolute atomic E-state index is 0.0483. The topological polar surface area (TPSA) is 75.7 Å². The van der Waals surface area contributed by atoms with Crippen LogP contribution < -0.4 is 5.32 Å². The summed E-state index contributed by atoms with van der Waals surface area (Å²) >= 11 is 1.57. The van der Waals surface area contributed by atoms with Crippen molar-refractivity contribution in [2.75, 3.05) is 5.75 Å². The molecule has 26 heavy (non-hydrogen) atoms. The lowest BCUT2D eigenvalue weighted by Gasteiger charge is -2.29. The van der Waals surface area contributed by atoms with Crippen molar-refractivity contribution in [3.63, 3.8) is 0 Å². The highest BCUT2D eigenvalue weighted by Crippen LogP contribution is 2.47. The lowest BCUT2D eigenvalue weighted by Crippen LogP contribution is -2.48. The van der Waals surface area contributed by atoms with E-state index in [2.05, 4.69) is 5.32 Å². The molecule has 3 atom stereocenters. The molecule has 140 valence electrons. The number of hydrogen-bond donors (Lipinski definition) is 1. The molecule has 0 spiro atoms. The minimum atomic E-state index is -0.975. The number of benzene rings is 1. The molecule has 6 nitrogen and oxygen atoms in total. The van der Waals surface area contributed by atoms with Gasteiger partial charge in [-0.15, -0.1) is 11.8 Å². The molecule has 1 aromatic rings. The number of nitrogens with one attached hydrogen (secondary N) is 1. The van der Waals surface area contributed by atoms with Crippen LogP contribution in [0.2, 0.25) is 0 Å². The Morgan fingerprint density at radius 1 is 1.42 bits per heavy atom. The van der Waals surface area contributed by atoms with E-state index in [1.807, 2.05) is 6.92 Å². The molecule has 1 N–H and O–H groups in total. The first kappa shape index (κ1) is 18.7. The van der Waals surface area contributed by atoms with Crippen molar-refractivity contribution in [2.24, 2.45) is 0 Å². The summed E-state index contributed by atoms with van der Waals surface area (Å²) in [5, 5.41) is 2.65. The summed E-state index contributed by atoms with van der Waals surface area (Å²) < 4.78 is 18.2. The molecule has 2 heterocycles. The standard InChI is InChI=1S/C18H21FN2O4S/c1-11(16(23)20-9-12-3-5-13(19)6-4-12)25-17(24)14-10-26-18(2)8-7-15(22)21(14)18/h3-6,11,14H,7-10H2,1-2H3,(H,20,23)/t11-,14-,18-/m0/s1. The van der Waals surface area contributed by atoms with Crippen LogP contribution in [-0.2, 0) is 25.7 Å². The Hall–Kier alpha value is -2.09. The van der Waals surface area contributed by atoms with Crippen LogP contribution in [0.25, 0.3) is 0 Å². The molecule has 2 aliphatic heterocycles.